The highest BCUT2D eigenvalue weighted by Crippen LogP contribution is 2.24. The monoisotopic (exact) mass is 238 g/mol. The van der Waals surface area contributed by atoms with Crippen LogP contribution in [0.4, 0.5) is 5.69 Å². The molecule has 2 N–H and O–H groups in total. The van der Waals surface area contributed by atoms with Crippen LogP contribution in [0.2, 0.25) is 5.02 Å². The molecule has 0 radical (unpaired) electrons. The van der Waals surface area contributed by atoms with Gasteiger partial charge in [0.1, 0.15) is 5.02 Å². The molecular formula is C10H7ClN2O3. The van der Waals surface area contributed by atoms with Crippen LogP contribution in [0.25, 0.3) is 0 Å². The first kappa shape index (κ1) is 12.0. The average molecular weight is 239 g/mol. The minimum absolute atomic E-state index is 0.0467. The van der Waals surface area contributed by atoms with Gasteiger partial charge in [0.25, 0.3) is 5.69 Å². The topological polar surface area (TPSA) is 86.2 Å². The number of halogens is 1. The van der Waals surface area contributed by atoms with Crippen LogP contribution in [0.15, 0.2) is 18.2 Å². The molecule has 1 aromatic rings. The van der Waals surface area contributed by atoms with Gasteiger partial charge >= 0.3 is 0 Å². The molecule has 82 valence electrons. The van der Waals surface area contributed by atoms with Gasteiger partial charge in [0, 0.05) is 11.6 Å². The van der Waals surface area contributed by atoms with E-state index in [1.807, 2.05) is 0 Å². The van der Waals surface area contributed by atoms with Gasteiger partial charge in [0.05, 0.1) is 11.3 Å². The van der Waals surface area contributed by atoms with Gasteiger partial charge in [-0.2, -0.15) is 0 Å². The summed E-state index contributed by atoms with van der Waals surface area (Å²) in [5, 5.41) is 10.6. The number of amides is 1. The molecule has 0 saturated heterocycles. The van der Waals surface area contributed by atoms with Crippen molar-refractivity contribution in [3.63, 3.8) is 0 Å². The first-order chi connectivity index (χ1) is 7.50. The Morgan fingerprint density at radius 1 is 1.56 bits per heavy atom. The van der Waals surface area contributed by atoms with Gasteiger partial charge < -0.3 is 5.73 Å². The van der Waals surface area contributed by atoms with Crippen molar-refractivity contribution in [2.45, 2.75) is 6.42 Å². The van der Waals surface area contributed by atoms with Gasteiger partial charge in [-0.05, 0) is 12.1 Å². The Balaban J connectivity index is 2.98. The Morgan fingerprint density at radius 3 is 2.81 bits per heavy atom. The first-order valence-electron chi connectivity index (χ1n) is 4.22. The van der Waals surface area contributed by atoms with E-state index in [2.05, 4.69) is 11.8 Å². The fraction of sp³-hybridized carbons (Fsp3) is 0.100. The highest BCUT2D eigenvalue weighted by atomic mass is 35.5. The van der Waals surface area contributed by atoms with Gasteiger partial charge in [-0.25, -0.2) is 0 Å². The van der Waals surface area contributed by atoms with Crippen LogP contribution >= 0.6 is 11.6 Å². The van der Waals surface area contributed by atoms with Gasteiger partial charge in [-0.1, -0.05) is 23.4 Å². The van der Waals surface area contributed by atoms with Gasteiger partial charge in [0.15, 0.2) is 0 Å². The third kappa shape index (κ3) is 3.26. The highest BCUT2D eigenvalue weighted by molar-refractivity contribution is 6.32. The number of rotatable bonds is 2. The van der Waals surface area contributed by atoms with E-state index in [-0.39, 0.29) is 17.1 Å². The van der Waals surface area contributed by atoms with Crippen molar-refractivity contribution in [2.24, 2.45) is 5.73 Å². The van der Waals surface area contributed by atoms with Crippen LogP contribution in [0, 0.1) is 22.0 Å². The molecule has 6 heteroatoms. The molecule has 0 saturated carbocycles. The van der Waals surface area contributed by atoms with E-state index in [0.29, 0.717) is 5.56 Å². The number of benzene rings is 1. The number of primary amides is 1. The van der Waals surface area contributed by atoms with E-state index in [9.17, 15) is 14.9 Å². The van der Waals surface area contributed by atoms with Crippen molar-refractivity contribution >= 4 is 23.2 Å². The number of carbonyl (C=O) groups excluding carboxylic acids is 1. The third-order valence-corrected chi connectivity index (χ3v) is 1.96. The van der Waals surface area contributed by atoms with Gasteiger partial charge in [-0.15, -0.1) is 0 Å². The number of nitro benzene ring substituents is 1. The zero-order valence-corrected chi connectivity index (χ0v) is 8.82. The summed E-state index contributed by atoms with van der Waals surface area (Å²) < 4.78 is 0. The number of hydrogen-bond acceptors (Lipinski definition) is 3. The summed E-state index contributed by atoms with van der Waals surface area (Å²) in [6, 6.07) is 4.16. The van der Waals surface area contributed by atoms with Gasteiger partial charge in [0.2, 0.25) is 5.91 Å². The molecule has 0 heterocycles. The molecule has 1 rings (SSSR count). The van der Waals surface area contributed by atoms with Crippen molar-refractivity contribution in [3.8, 4) is 11.8 Å². The molecule has 0 fully saturated rings. The molecule has 1 amide bonds. The second-order valence-electron chi connectivity index (χ2n) is 2.87. The Hall–Kier alpha value is -2.06. The van der Waals surface area contributed by atoms with Crippen LogP contribution < -0.4 is 5.73 Å². The lowest BCUT2D eigenvalue weighted by molar-refractivity contribution is -0.384. The molecule has 0 atom stereocenters. The minimum atomic E-state index is -0.596. The molecule has 0 spiro atoms. The van der Waals surface area contributed by atoms with E-state index < -0.39 is 10.8 Å². The Kier molecular flexibility index (Phi) is 3.86. The van der Waals surface area contributed by atoms with Crippen LogP contribution in [0.1, 0.15) is 12.0 Å². The van der Waals surface area contributed by atoms with Crippen molar-refractivity contribution in [1.82, 2.24) is 0 Å². The maximum atomic E-state index is 10.6. The maximum absolute atomic E-state index is 10.6. The first-order valence-corrected chi connectivity index (χ1v) is 4.59. The molecule has 0 aliphatic heterocycles. The fourth-order valence-corrected chi connectivity index (χ4v) is 1.15. The number of nitrogens with zero attached hydrogens (tertiary/aromatic N) is 1. The second kappa shape index (κ2) is 5.14. The Labute approximate surface area is 96.3 Å². The minimum Gasteiger partial charge on any atom is -0.369 e. The number of nitrogens with two attached hydrogens (primary N) is 1. The summed E-state index contributed by atoms with van der Waals surface area (Å²) in [7, 11) is 0. The van der Waals surface area contributed by atoms with E-state index in [4.69, 9.17) is 17.3 Å². The normalized spacial score (nSPS) is 9.06. The summed E-state index contributed by atoms with van der Waals surface area (Å²) in [6.07, 6.45) is -0.0869. The molecule has 16 heavy (non-hydrogen) atoms. The molecule has 1 aromatic carbocycles. The lowest BCUT2D eigenvalue weighted by Crippen LogP contribution is -2.08. The van der Waals surface area contributed by atoms with E-state index in [1.54, 1.807) is 0 Å². The van der Waals surface area contributed by atoms with Crippen molar-refractivity contribution < 1.29 is 9.72 Å². The largest absolute Gasteiger partial charge is 0.369 e. The lowest BCUT2D eigenvalue weighted by Gasteiger charge is -1.95. The predicted molar refractivity (Wildman–Crippen MR) is 58.8 cm³/mol. The van der Waals surface area contributed by atoms with Crippen LogP contribution in [-0.4, -0.2) is 10.8 Å². The van der Waals surface area contributed by atoms with E-state index in [0.717, 1.165) is 0 Å². The average Bonchev–Trinajstić information content (AvgIpc) is 2.19. The standard InChI is InChI=1S/C10H7ClN2O3/c11-8-5-4-7(2-1-3-10(12)14)6-9(8)13(15)16/h4-6H,3H2,(H2,12,14). The molecule has 5 nitrogen and oxygen atoms in total. The molecule has 0 aromatic heterocycles. The van der Waals surface area contributed by atoms with Crippen molar-refractivity contribution in [1.29, 1.82) is 0 Å². The molecular weight excluding hydrogens is 232 g/mol. The summed E-state index contributed by atoms with van der Waals surface area (Å²) in [6.45, 7) is 0. The second-order valence-corrected chi connectivity index (χ2v) is 3.28. The van der Waals surface area contributed by atoms with Gasteiger partial charge in [-0.3, -0.25) is 14.9 Å². The smallest absolute Gasteiger partial charge is 0.289 e. The SMILES string of the molecule is NC(=O)CC#Cc1ccc(Cl)c([N+](=O)[O-])c1. The zero-order chi connectivity index (χ0) is 12.1. The summed E-state index contributed by atoms with van der Waals surface area (Å²) in [4.78, 5) is 20.4. The summed E-state index contributed by atoms with van der Waals surface area (Å²) >= 11 is 5.61. The number of nitro groups is 1. The van der Waals surface area contributed by atoms with Crippen LogP contribution in [0.5, 0.6) is 0 Å². The fourth-order valence-electron chi connectivity index (χ4n) is 0.964. The van der Waals surface area contributed by atoms with Crippen molar-refractivity contribution in [3.05, 3.63) is 38.9 Å². The zero-order valence-electron chi connectivity index (χ0n) is 8.07. The number of hydrogen-bond donors (Lipinski definition) is 1. The molecule has 0 aliphatic rings. The lowest BCUT2D eigenvalue weighted by atomic mass is 10.2. The van der Waals surface area contributed by atoms with Crippen LogP contribution in [0.3, 0.4) is 0 Å². The molecule has 0 bridgehead atoms. The maximum Gasteiger partial charge on any atom is 0.289 e. The van der Waals surface area contributed by atoms with E-state index in [1.165, 1.54) is 18.2 Å². The van der Waals surface area contributed by atoms with Crippen LogP contribution in [-0.2, 0) is 4.79 Å². The number of carbonyl (C=O) groups is 1. The third-order valence-electron chi connectivity index (χ3n) is 1.64. The Morgan fingerprint density at radius 2 is 2.25 bits per heavy atom. The Bertz CT molecular complexity index is 503. The summed E-state index contributed by atoms with van der Waals surface area (Å²) in [5.41, 5.74) is 5.09. The predicted octanol–water partition coefficient (Wildman–Crippen LogP) is 1.48. The van der Waals surface area contributed by atoms with Crippen molar-refractivity contribution in [2.75, 3.05) is 0 Å². The summed E-state index contributed by atoms with van der Waals surface area (Å²) in [5.74, 6) is 4.54. The molecule has 0 unspecified atom stereocenters. The highest BCUT2D eigenvalue weighted by Gasteiger charge is 2.11. The quantitative estimate of drug-likeness (QED) is 0.481. The van der Waals surface area contributed by atoms with E-state index >= 15 is 0 Å². The molecule has 0 aliphatic carbocycles.